The van der Waals surface area contributed by atoms with Gasteiger partial charge in [-0.2, -0.15) is 0 Å². The summed E-state index contributed by atoms with van der Waals surface area (Å²) in [5, 5.41) is 7.27. The standard InChI is InChI=1S/C7H14N2O/c1-5(2)6(10-4)7(8)9-3/h5-6,8H,3H2,1-2,4H3/t6-/m0/s1. The maximum Gasteiger partial charge on any atom is 0.149 e. The fourth-order valence-electron chi connectivity index (χ4n) is 0.790. The zero-order chi connectivity index (χ0) is 8.15. The van der Waals surface area contributed by atoms with E-state index in [1.165, 1.54) is 0 Å². The van der Waals surface area contributed by atoms with Crippen molar-refractivity contribution in [2.75, 3.05) is 7.11 Å². The molecule has 0 aromatic carbocycles. The molecule has 0 radical (unpaired) electrons. The summed E-state index contributed by atoms with van der Waals surface area (Å²) in [4.78, 5) is 3.49. The molecular weight excluding hydrogens is 128 g/mol. The Morgan fingerprint density at radius 3 is 2.20 bits per heavy atom. The Balaban J connectivity index is 4.06. The first-order valence-corrected chi connectivity index (χ1v) is 3.21. The van der Waals surface area contributed by atoms with Crippen LogP contribution in [0.15, 0.2) is 4.99 Å². The van der Waals surface area contributed by atoms with E-state index in [1.54, 1.807) is 7.11 Å². The molecule has 1 atom stereocenters. The number of aliphatic imine (C=N–C) groups is 1. The Bertz CT molecular complexity index is 132. The first-order valence-electron chi connectivity index (χ1n) is 3.21. The van der Waals surface area contributed by atoms with Gasteiger partial charge in [0.25, 0.3) is 0 Å². The van der Waals surface area contributed by atoms with Crippen LogP contribution < -0.4 is 0 Å². The number of hydrogen-bond acceptors (Lipinski definition) is 2. The molecule has 1 N–H and O–H groups in total. The van der Waals surface area contributed by atoms with Gasteiger partial charge in [0.05, 0.1) is 0 Å². The molecule has 58 valence electrons. The number of hydrogen-bond donors (Lipinski definition) is 1. The van der Waals surface area contributed by atoms with Crippen LogP contribution >= 0.6 is 0 Å². The third-order valence-corrected chi connectivity index (χ3v) is 1.30. The van der Waals surface area contributed by atoms with E-state index in [0.717, 1.165) is 0 Å². The number of ether oxygens (including phenoxy) is 1. The van der Waals surface area contributed by atoms with Crippen LogP contribution in [0.3, 0.4) is 0 Å². The molecule has 3 heteroatoms. The van der Waals surface area contributed by atoms with Gasteiger partial charge in [0, 0.05) is 7.11 Å². The molecule has 0 aromatic rings. The average molecular weight is 142 g/mol. The molecule has 0 saturated carbocycles. The summed E-state index contributed by atoms with van der Waals surface area (Å²) in [5.41, 5.74) is 0. The summed E-state index contributed by atoms with van der Waals surface area (Å²) < 4.78 is 5.01. The predicted octanol–water partition coefficient (Wildman–Crippen LogP) is 1.34. The summed E-state index contributed by atoms with van der Waals surface area (Å²) >= 11 is 0. The number of rotatable bonds is 3. The van der Waals surface area contributed by atoms with E-state index >= 15 is 0 Å². The van der Waals surface area contributed by atoms with Gasteiger partial charge in [0.2, 0.25) is 0 Å². The van der Waals surface area contributed by atoms with E-state index in [2.05, 4.69) is 11.7 Å². The molecule has 0 amide bonds. The second-order valence-electron chi connectivity index (χ2n) is 2.44. The van der Waals surface area contributed by atoms with Crippen molar-refractivity contribution in [2.24, 2.45) is 10.9 Å². The highest BCUT2D eigenvalue weighted by Crippen LogP contribution is 2.06. The van der Waals surface area contributed by atoms with E-state index in [9.17, 15) is 0 Å². The van der Waals surface area contributed by atoms with Crippen LogP contribution in [0.5, 0.6) is 0 Å². The van der Waals surface area contributed by atoms with Gasteiger partial charge in [-0.3, -0.25) is 5.41 Å². The van der Waals surface area contributed by atoms with Crippen LogP contribution in [0.2, 0.25) is 0 Å². The van der Waals surface area contributed by atoms with Gasteiger partial charge in [-0.05, 0) is 12.6 Å². The lowest BCUT2D eigenvalue weighted by Crippen LogP contribution is -2.26. The lowest BCUT2D eigenvalue weighted by Gasteiger charge is -2.16. The minimum atomic E-state index is -0.211. The van der Waals surface area contributed by atoms with Crippen LogP contribution in [-0.2, 0) is 4.74 Å². The Kier molecular flexibility index (Phi) is 3.88. The highest BCUT2D eigenvalue weighted by molar-refractivity contribution is 5.87. The zero-order valence-corrected chi connectivity index (χ0v) is 6.72. The molecule has 0 spiro atoms. The van der Waals surface area contributed by atoms with Crippen molar-refractivity contribution in [3.05, 3.63) is 0 Å². The quantitative estimate of drug-likeness (QED) is 0.469. The average Bonchev–Trinajstić information content (AvgIpc) is 1.88. The van der Waals surface area contributed by atoms with E-state index in [-0.39, 0.29) is 17.9 Å². The summed E-state index contributed by atoms with van der Waals surface area (Å²) in [7, 11) is 1.57. The molecular formula is C7H14N2O. The predicted molar refractivity (Wildman–Crippen MR) is 42.9 cm³/mol. The van der Waals surface area contributed by atoms with E-state index in [0.29, 0.717) is 0 Å². The highest BCUT2D eigenvalue weighted by Gasteiger charge is 2.15. The van der Waals surface area contributed by atoms with E-state index in [1.807, 2.05) is 13.8 Å². The maximum atomic E-state index is 7.27. The molecule has 0 aromatic heterocycles. The maximum absolute atomic E-state index is 7.27. The third-order valence-electron chi connectivity index (χ3n) is 1.30. The molecule has 0 heterocycles. The van der Waals surface area contributed by atoms with Gasteiger partial charge in [-0.25, -0.2) is 4.99 Å². The second-order valence-corrected chi connectivity index (χ2v) is 2.44. The fourth-order valence-corrected chi connectivity index (χ4v) is 0.790. The Morgan fingerprint density at radius 1 is 1.60 bits per heavy atom. The summed E-state index contributed by atoms with van der Waals surface area (Å²) in [5.74, 6) is 0.487. The van der Waals surface area contributed by atoms with Crippen molar-refractivity contribution in [2.45, 2.75) is 20.0 Å². The van der Waals surface area contributed by atoms with Crippen LogP contribution in [0, 0.1) is 11.3 Å². The smallest absolute Gasteiger partial charge is 0.149 e. The number of methoxy groups -OCH3 is 1. The molecule has 0 saturated heterocycles. The molecule has 10 heavy (non-hydrogen) atoms. The molecule has 0 aliphatic rings. The van der Waals surface area contributed by atoms with E-state index < -0.39 is 0 Å². The van der Waals surface area contributed by atoms with Crippen molar-refractivity contribution >= 4 is 12.6 Å². The summed E-state index contributed by atoms with van der Waals surface area (Å²) in [6.45, 7) is 7.22. The lowest BCUT2D eigenvalue weighted by atomic mass is 10.1. The zero-order valence-electron chi connectivity index (χ0n) is 6.72. The SMILES string of the molecule is C=NC(=N)[C@@H](OC)C(C)C. The minimum Gasteiger partial charge on any atom is -0.373 e. The third kappa shape index (κ3) is 2.27. The van der Waals surface area contributed by atoms with Crippen molar-refractivity contribution < 1.29 is 4.74 Å². The fraction of sp³-hybridized carbons (Fsp3) is 0.714. The lowest BCUT2D eigenvalue weighted by molar-refractivity contribution is 0.117. The van der Waals surface area contributed by atoms with Crippen molar-refractivity contribution in [1.29, 1.82) is 5.41 Å². The van der Waals surface area contributed by atoms with Gasteiger partial charge in [-0.1, -0.05) is 13.8 Å². The van der Waals surface area contributed by atoms with Crippen LogP contribution in [0.4, 0.5) is 0 Å². The largest absolute Gasteiger partial charge is 0.373 e. The van der Waals surface area contributed by atoms with Crippen molar-refractivity contribution in [3.8, 4) is 0 Å². The van der Waals surface area contributed by atoms with Gasteiger partial charge in [-0.15, -0.1) is 0 Å². The molecule has 0 aliphatic carbocycles. The Hall–Kier alpha value is -0.700. The Labute approximate surface area is 61.6 Å². The first kappa shape index (κ1) is 9.30. The first-order chi connectivity index (χ1) is 4.63. The molecule has 0 bridgehead atoms. The molecule has 0 unspecified atom stereocenters. The topological polar surface area (TPSA) is 45.4 Å². The van der Waals surface area contributed by atoms with Crippen molar-refractivity contribution in [3.63, 3.8) is 0 Å². The number of nitrogens with one attached hydrogen (secondary N) is 1. The van der Waals surface area contributed by atoms with Gasteiger partial charge >= 0.3 is 0 Å². The van der Waals surface area contributed by atoms with Gasteiger partial charge in [0.15, 0.2) is 0 Å². The highest BCUT2D eigenvalue weighted by atomic mass is 16.5. The molecule has 0 aliphatic heterocycles. The van der Waals surface area contributed by atoms with Crippen LogP contribution in [-0.4, -0.2) is 25.8 Å². The number of nitrogens with zero attached hydrogens (tertiary/aromatic N) is 1. The molecule has 0 rings (SSSR count). The van der Waals surface area contributed by atoms with Gasteiger partial charge < -0.3 is 4.74 Å². The minimum absolute atomic E-state index is 0.206. The van der Waals surface area contributed by atoms with Crippen molar-refractivity contribution in [1.82, 2.24) is 0 Å². The molecule has 0 fully saturated rings. The second kappa shape index (κ2) is 4.17. The van der Waals surface area contributed by atoms with Crippen LogP contribution in [0.25, 0.3) is 0 Å². The van der Waals surface area contributed by atoms with E-state index in [4.69, 9.17) is 10.1 Å². The monoisotopic (exact) mass is 142 g/mol. The molecule has 3 nitrogen and oxygen atoms in total. The van der Waals surface area contributed by atoms with Crippen LogP contribution in [0.1, 0.15) is 13.8 Å². The summed E-state index contributed by atoms with van der Waals surface area (Å²) in [6, 6.07) is 0. The normalized spacial score (nSPS) is 13.2. The van der Waals surface area contributed by atoms with Gasteiger partial charge in [0.1, 0.15) is 11.9 Å². The summed E-state index contributed by atoms with van der Waals surface area (Å²) in [6.07, 6.45) is -0.211. The number of amidine groups is 1. The Morgan fingerprint density at radius 2 is 2.10 bits per heavy atom.